The fourth-order valence-corrected chi connectivity index (χ4v) is 6.49. The summed E-state index contributed by atoms with van der Waals surface area (Å²) in [5, 5.41) is 0.990. The van der Waals surface area contributed by atoms with Gasteiger partial charge in [0.2, 0.25) is 10.0 Å². The van der Waals surface area contributed by atoms with Crippen LogP contribution < -0.4 is 4.90 Å². The Bertz CT molecular complexity index is 1210. The second kappa shape index (κ2) is 9.17. The van der Waals surface area contributed by atoms with Gasteiger partial charge in [-0.05, 0) is 48.9 Å². The van der Waals surface area contributed by atoms with Gasteiger partial charge in [-0.3, -0.25) is 4.79 Å². The van der Waals surface area contributed by atoms with Crippen molar-refractivity contribution in [3.05, 3.63) is 53.6 Å². The molecule has 0 atom stereocenters. The number of carbonyl (C=O) groups is 1. The Hall–Kier alpha value is -2.49. The maximum atomic E-state index is 13.0. The molecule has 1 aliphatic rings. The van der Waals surface area contributed by atoms with Crippen LogP contribution in [0.5, 0.6) is 0 Å². The van der Waals surface area contributed by atoms with Gasteiger partial charge in [-0.2, -0.15) is 4.31 Å². The van der Waals surface area contributed by atoms with Crippen LogP contribution in [0.4, 0.5) is 5.13 Å². The van der Waals surface area contributed by atoms with E-state index in [2.05, 4.69) is 30.0 Å². The smallest absolute Gasteiger partial charge is 0.253 e. The highest BCUT2D eigenvalue weighted by molar-refractivity contribution is 7.89. The molecule has 2 heterocycles. The number of nitrogens with zero attached hydrogens (tertiary/aromatic N) is 4. The van der Waals surface area contributed by atoms with Crippen molar-refractivity contribution in [1.82, 2.24) is 14.2 Å². The topological polar surface area (TPSA) is 73.8 Å². The van der Waals surface area contributed by atoms with Crippen LogP contribution in [0.3, 0.4) is 0 Å². The largest absolute Gasteiger partial charge is 0.345 e. The highest BCUT2D eigenvalue weighted by Gasteiger charge is 2.25. The molecule has 4 rings (SSSR count). The van der Waals surface area contributed by atoms with E-state index in [0.717, 1.165) is 23.7 Å². The molecule has 1 aromatic heterocycles. The maximum Gasteiger partial charge on any atom is 0.253 e. The minimum atomic E-state index is -3.52. The number of aromatic nitrogens is 1. The van der Waals surface area contributed by atoms with Gasteiger partial charge in [-0.25, -0.2) is 13.4 Å². The molecule has 0 bridgehead atoms. The second-order valence-corrected chi connectivity index (χ2v) is 10.8. The van der Waals surface area contributed by atoms with Crippen molar-refractivity contribution in [2.24, 2.45) is 0 Å². The van der Waals surface area contributed by atoms with Crippen molar-refractivity contribution in [3.63, 3.8) is 0 Å². The first-order valence-corrected chi connectivity index (χ1v) is 13.1. The molecule has 1 aliphatic heterocycles. The third-order valence-corrected chi connectivity index (χ3v) is 8.96. The molecule has 0 unspecified atom stereocenters. The van der Waals surface area contributed by atoms with Crippen LogP contribution in [-0.4, -0.2) is 67.8 Å². The lowest BCUT2D eigenvalue weighted by Crippen LogP contribution is -2.48. The molecule has 0 saturated carbocycles. The van der Waals surface area contributed by atoms with E-state index >= 15 is 0 Å². The predicted octanol–water partition coefficient (Wildman–Crippen LogP) is 3.60. The van der Waals surface area contributed by atoms with Crippen LogP contribution in [0.2, 0.25) is 0 Å². The monoisotopic (exact) mass is 472 g/mol. The number of benzene rings is 2. The number of rotatable bonds is 6. The number of amides is 1. The highest BCUT2D eigenvalue weighted by atomic mass is 32.2. The Kier molecular flexibility index (Phi) is 6.50. The van der Waals surface area contributed by atoms with Crippen LogP contribution in [-0.2, 0) is 10.0 Å². The van der Waals surface area contributed by atoms with E-state index in [1.54, 1.807) is 23.5 Å². The Morgan fingerprint density at radius 2 is 1.69 bits per heavy atom. The lowest BCUT2D eigenvalue weighted by atomic mass is 10.2. The SMILES string of the molecule is CCN(CC)S(=O)(=O)c1ccc(C(=O)N2CCN(c3nc4ccc(C)cc4s3)CC2)cc1. The summed E-state index contributed by atoms with van der Waals surface area (Å²) in [5.74, 6) is -0.0728. The molecule has 1 amide bonds. The fourth-order valence-electron chi connectivity index (χ4n) is 3.92. The molecule has 0 spiro atoms. The van der Waals surface area contributed by atoms with E-state index in [1.165, 1.54) is 26.7 Å². The van der Waals surface area contributed by atoms with Crippen LogP contribution in [0, 0.1) is 6.92 Å². The summed E-state index contributed by atoms with van der Waals surface area (Å²) in [6.45, 7) is 9.19. The minimum absolute atomic E-state index is 0.0728. The Labute approximate surface area is 193 Å². The molecule has 1 fully saturated rings. The number of hydrogen-bond donors (Lipinski definition) is 0. The first kappa shape index (κ1) is 22.7. The average molecular weight is 473 g/mol. The number of thiazole rings is 1. The van der Waals surface area contributed by atoms with Crippen LogP contribution in [0.25, 0.3) is 10.2 Å². The number of carbonyl (C=O) groups excluding carboxylic acids is 1. The quantitative estimate of drug-likeness (QED) is 0.548. The Balaban J connectivity index is 1.41. The van der Waals surface area contributed by atoms with E-state index in [-0.39, 0.29) is 10.8 Å². The van der Waals surface area contributed by atoms with Gasteiger partial charge in [0.15, 0.2) is 5.13 Å². The molecule has 9 heteroatoms. The molecule has 2 aromatic carbocycles. The number of hydrogen-bond acceptors (Lipinski definition) is 6. The summed E-state index contributed by atoms with van der Waals surface area (Å²) in [5.41, 5.74) is 2.74. The number of piperazine rings is 1. The fraction of sp³-hybridized carbons (Fsp3) is 0.391. The zero-order chi connectivity index (χ0) is 22.9. The lowest BCUT2D eigenvalue weighted by Gasteiger charge is -2.34. The van der Waals surface area contributed by atoms with Gasteiger partial charge in [0, 0.05) is 44.8 Å². The molecule has 170 valence electrons. The van der Waals surface area contributed by atoms with Gasteiger partial charge in [0.1, 0.15) is 0 Å². The summed E-state index contributed by atoms with van der Waals surface area (Å²) < 4.78 is 27.9. The zero-order valence-corrected chi connectivity index (χ0v) is 20.2. The van der Waals surface area contributed by atoms with Crippen LogP contribution in [0.15, 0.2) is 47.4 Å². The van der Waals surface area contributed by atoms with E-state index < -0.39 is 10.0 Å². The molecule has 0 aliphatic carbocycles. The summed E-state index contributed by atoms with van der Waals surface area (Å²) >= 11 is 1.68. The van der Waals surface area contributed by atoms with Gasteiger partial charge < -0.3 is 9.80 Å². The Morgan fingerprint density at radius 1 is 1.03 bits per heavy atom. The van der Waals surface area contributed by atoms with Crippen LogP contribution >= 0.6 is 11.3 Å². The standard InChI is InChI=1S/C23H28N4O3S2/c1-4-27(5-2)32(29,30)19-9-7-18(8-10-19)22(28)25-12-14-26(15-13-25)23-24-20-11-6-17(3)16-21(20)31-23/h6-11,16H,4-5,12-15H2,1-3H3. The van der Waals surface area contributed by atoms with Crippen LogP contribution in [0.1, 0.15) is 29.8 Å². The van der Waals surface area contributed by atoms with E-state index in [0.29, 0.717) is 31.7 Å². The molecular weight excluding hydrogens is 444 g/mol. The first-order valence-electron chi connectivity index (χ1n) is 10.8. The molecular formula is C23H28N4O3S2. The average Bonchev–Trinajstić information content (AvgIpc) is 3.22. The van der Waals surface area contributed by atoms with E-state index in [1.807, 2.05) is 18.7 Å². The van der Waals surface area contributed by atoms with Crippen molar-refractivity contribution in [3.8, 4) is 0 Å². The molecule has 1 saturated heterocycles. The zero-order valence-electron chi connectivity index (χ0n) is 18.6. The van der Waals surface area contributed by atoms with Crippen molar-refractivity contribution in [1.29, 1.82) is 0 Å². The van der Waals surface area contributed by atoms with Gasteiger partial charge >= 0.3 is 0 Å². The lowest BCUT2D eigenvalue weighted by molar-refractivity contribution is 0.0746. The highest BCUT2D eigenvalue weighted by Crippen LogP contribution is 2.30. The Morgan fingerprint density at radius 3 is 2.31 bits per heavy atom. The number of fused-ring (bicyclic) bond motifs is 1. The summed E-state index contributed by atoms with van der Waals surface area (Å²) in [4.78, 5) is 22.0. The van der Waals surface area contributed by atoms with E-state index in [9.17, 15) is 13.2 Å². The van der Waals surface area contributed by atoms with E-state index in [4.69, 9.17) is 4.98 Å². The molecule has 0 N–H and O–H groups in total. The third-order valence-electron chi connectivity index (χ3n) is 5.81. The van der Waals surface area contributed by atoms with Crippen molar-refractivity contribution >= 4 is 42.6 Å². The van der Waals surface area contributed by atoms with Gasteiger partial charge in [0.05, 0.1) is 15.1 Å². The number of sulfonamides is 1. The third kappa shape index (κ3) is 4.37. The molecule has 32 heavy (non-hydrogen) atoms. The van der Waals surface area contributed by atoms with Crippen molar-refractivity contribution < 1.29 is 13.2 Å². The van der Waals surface area contributed by atoms with Gasteiger partial charge in [-0.15, -0.1) is 0 Å². The minimum Gasteiger partial charge on any atom is -0.345 e. The predicted molar refractivity (Wildman–Crippen MR) is 129 cm³/mol. The number of anilines is 1. The van der Waals surface area contributed by atoms with Crippen molar-refractivity contribution in [2.45, 2.75) is 25.7 Å². The van der Waals surface area contributed by atoms with Crippen molar-refractivity contribution in [2.75, 3.05) is 44.2 Å². The maximum absolute atomic E-state index is 13.0. The molecule has 3 aromatic rings. The molecule has 7 nitrogen and oxygen atoms in total. The summed E-state index contributed by atoms with van der Waals surface area (Å²) in [6.07, 6.45) is 0. The summed E-state index contributed by atoms with van der Waals surface area (Å²) in [6, 6.07) is 12.6. The number of aryl methyl sites for hydroxylation is 1. The first-order chi connectivity index (χ1) is 15.3. The van der Waals surface area contributed by atoms with Gasteiger partial charge in [-0.1, -0.05) is 31.3 Å². The summed E-state index contributed by atoms with van der Waals surface area (Å²) in [7, 11) is -3.52. The second-order valence-electron chi connectivity index (χ2n) is 7.86. The molecule has 0 radical (unpaired) electrons. The van der Waals surface area contributed by atoms with Gasteiger partial charge in [0.25, 0.3) is 5.91 Å². The normalized spacial score (nSPS) is 15.0.